The van der Waals surface area contributed by atoms with Crippen LogP contribution in [0, 0.1) is 0 Å². The van der Waals surface area contributed by atoms with Crippen LogP contribution in [0.1, 0.15) is 0 Å². The fourth-order valence-electron chi connectivity index (χ4n) is 1.92. The van der Waals surface area contributed by atoms with Crippen molar-refractivity contribution >= 4 is 11.6 Å². The Morgan fingerprint density at radius 1 is 0.778 bits per heavy atom. The Hall–Kier alpha value is -2.06. The zero-order valence-electron chi connectivity index (χ0n) is 9.51. The molecule has 0 aliphatic carbocycles. The van der Waals surface area contributed by atoms with E-state index in [2.05, 4.69) is 5.16 Å². The van der Waals surface area contributed by atoms with E-state index in [0.717, 1.165) is 22.4 Å². The highest BCUT2D eigenvalue weighted by Gasteiger charge is 2.17. The van der Waals surface area contributed by atoms with E-state index in [1.165, 1.54) is 0 Å². The van der Waals surface area contributed by atoms with Crippen molar-refractivity contribution in [3.63, 3.8) is 0 Å². The number of halogens is 1. The van der Waals surface area contributed by atoms with E-state index in [1.54, 1.807) is 0 Å². The number of hydrogen-bond acceptors (Lipinski definition) is 2. The molecule has 1 heterocycles. The van der Waals surface area contributed by atoms with Gasteiger partial charge in [0.2, 0.25) is 5.22 Å². The molecule has 0 aliphatic rings. The highest BCUT2D eigenvalue weighted by molar-refractivity contribution is 6.32. The van der Waals surface area contributed by atoms with Crippen LogP contribution in [0.15, 0.2) is 65.2 Å². The molecule has 0 unspecified atom stereocenters. The van der Waals surface area contributed by atoms with Crippen LogP contribution in [0.3, 0.4) is 0 Å². The second-order valence-electron chi connectivity index (χ2n) is 3.91. The van der Waals surface area contributed by atoms with Crippen molar-refractivity contribution in [2.24, 2.45) is 0 Å². The van der Waals surface area contributed by atoms with Crippen LogP contribution in [0.2, 0.25) is 5.22 Å². The molecule has 0 amide bonds. The normalized spacial score (nSPS) is 10.5. The molecule has 0 radical (unpaired) electrons. The predicted octanol–water partition coefficient (Wildman–Crippen LogP) is 4.66. The van der Waals surface area contributed by atoms with Gasteiger partial charge in [0.15, 0.2) is 0 Å². The summed E-state index contributed by atoms with van der Waals surface area (Å²) in [6, 6.07) is 19.7. The van der Waals surface area contributed by atoms with Crippen molar-refractivity contribution in [1.29, 1.82) is 0 Å². The Morgan fingerprint density at radius 3 is 1.94 bits per heavy atom. The third kappa shape index (κ3) is 1.91. The second-order valence-corrected chi connectivity index (χ2v) is 4.26. The monoisotopic (exact) mass is 255 g/mol. The van der Waals surface area contributed by atoms with Crippen LogP contribution in [0.5, 0.6) is 0 Å². The molecule has 18 heavy (non-hydrogen) atoms. The van der Waals surface area contributed by atoms with Gasteiger partial charge in [0.25, 0.3) is 0 Å². The summed E-state index contributed by atoms with van der Waals surface area (Å²) in [7, 11) is 0. The van der Waals surface area contributed by atoms with Crippen molar-refractivity contribution in [3.05, 3.63) is 65.9 Å². The molecule has 0 bridgehead atoms. The summed E-state index contributed by atoms with van der Waals surface area (Å²) in [5, 5.41) is 4.37. The highest BCUT2D eigenvalue weighted by atomic mass is 35.5. The maximum absolute atomic E-state index is 6.10. The van der Waals surface area contributed by atoms with Gasteiger partial charge in [0, 0.05) is 5.56 Å². The molecule has 0 N–H and O–H groups in total. The molecule has 2 aromatic carbocycles. The molecular weight excluding hydrogens is 246 g/mol. The fraction of sp³-hybridized carbons (Fsp3) is 0. The maximum Gasteiger partial charge on any atom is 0.234 e. The van der Waals surface area contributed by atoms with Gasteiger partial charge in [0.05, 0.1) is 5.56 Å². The van der Waals surface area contributed by atoms with E-state index in [4.69, 9.17) is 16.1 Å². The number of hydrogen-bond donors (Lipinski definition) is 0. The summed E-state index contributed by atoms with van der Waals surface area (Å²) in [6.07, 6.45) is 0. The molecule has 0 fully saturated rings. The van der Waals surface area contributed by atoms with E-state index < -0.39 is 0 Å². The van der Waals surface area contributed by atoms with Crippen LogP contribution < -0.4 is 0 Å². The van der Waals surface area contributed by atoms with Gasteiger partial charge in [-0.2, -0.15) is 0 Å². The van der Waals surface area contributed by atoms with E-state index in [-0.39, 0.29) is 0 Å². The van der Waals surface area contributed by atoms with E-state index >= 15 is 0 Å². The molecule has 3 rings (SSSR count). The molecule has 0 atom stereocenters. The lowest BCUT2D eigenvalue weighted by Crippen LogP contribution is -1.82. The third-order valence-corrected chi connectivity index (χ3v) is 3.02. The first-order chi connectivity index (χ1) is 8.86. The lowest BCUT2D eigenvalue weighted by Gasteiger charge is -2.01. The zero-order valence-corrected chi connectivity index (χ0v) is 10.3. The molecule has 0 spiro atoms. The summed E-state index contributed by atoms with van der Waals surface area (Å²) < 4.78 is 5.12. The van der Waals surface area contributed by atoms with Crippen molar-refractivity contribution in [2.75, 3.05) is 0 Å². The van der Waals surface area contributed by atoms with Gasteiger partial charge in [-0.25, -0.2) is 0 Å². The smallest absolute Gasteiger partial charge is 0.234 e. The van der Waals surface area contributed by atoms with Crippen LogP contribution in [-0.4, -0.2) is 5.16 Å². The molecular formula is C15H10ClNO. The minimum Gasteiger partial charge on any atom is -0.343 e. The van der Waals surface area contributed by atoms with E-state index in [1.807, 2.05) is 60.7 Å². The van der Waals surface area contributed by atoms with Gasteiger partial charge in [-0.05, 0) is 17.2 Å². The van der Waals surface area contributed by atoms with Gasteiger partial charge in [-0.3, -0.25) is 0 Å². The number of aromatic nitrogens is 1. The standard InChI is InChI=1S/C15H10ClNO/c16-15-13(11-7-3-1-4-8-11)14(17-18-15)12-9-5-2-6-10-12/h1-10H. The predicted molar refractivity (Wildman–Crippen MR) is 72.4 cm³/mol. The van der Waals surface area contributed by atoms with Crippen molar-refractivity contribution < 1.29 is 4.52 Å². The molecule has 1 aromatic heterocycles. The first-order valence-electron chi connectivity index (χ1n) is 5.62. The summed E-state index contributed by atoms with van der Waals surface area (Å²) >= 11 is 6.10. The Bertz CT molecular complexity index is 647. The summed E-state index contributed by atoms with van der Waals surface area (Å²) in [4.78, 5) is 0. The summed E-state index contributed by atoms with van der Waals surface area (Å²) in [5.41, 5.74) is 3.60. The molecule has 2 nitrogen and oxygen atoms in total. The van der Waals surface area contributed by atoms with Gasteiger partial charge >= 0.3 is 0 Å². The van der Waals surface area contributed by atoms with Gasteiger partial charge < -0.3 is 4.52 Å². The first-order valence-corrected chi connectivity index (χ1v) is 6.00. The molecule has 0 saturated carbocycles. The minimum atomic E-state index is 0.319. The number of benzene rings is 2. The lowest BCUT2D eigenvalue weighted by molar-refractivity contribution is 0.424. The minimum absolute atomic E-state index is 0.319. The van der Waals surface area contributed by atoms with Gasteiger partial charge in [0.1, 0.15) is 5.69 Å². The Kier molecular flexibility index (Phi) is 2.87. The molecule has 3 heteroatoms. The van der Waals surface area contributed by atoms with E-state index in [0.29, 0.717) is 5.22 Å². The molecule has 3 aromatic rings. The Morgan fingerprint density at radius 2 is 1.33 bits per heavy atom. The van der Waals surface area contributed by atoms with Gasteiger partial charge in [-0.1, -0.05) is 65.8 Å². The fourth-order valence-corrected chi connectivity index (χ4v) is 2.15. The zero-order chi connectivity index (χ0) is 12.4. The van der Waals surface area contributed by atoms with Crippen molar-refractivity contribution in [1.82, 2.24) is 5.16 Å². The first kappa shape index (κ1) is 11.1. The SMILES string of the molecule is Clc1onc(-c2ccccc2)c1-c1ccccc1. The quantitative estimate of drug-likeness (QED) is 0.665. The lowest BCUT2D eigenvalue weighted by atomic mass is 10.0. The largest absolute Gasteiger partial charge is 0.343 e. The molecule has 88 valence electrons. The van der Waals surface area contributed by atoms with Crippen LogP contribution in [-0.2, 0) is 0 Å². The molecule has 0 saturated heterocycles. The Balaban J connectivity index is 2.19. The topological polar surface area (TPSA) is 26.0 Å². The van der Waals surface area contributed by atoms with Crippen molar-refractivity contribution in [2.45, 2.75) is 0 Å². The molecule has 0 aliphatic heterocycles. The third-order valence-electron chi connectivity index (χ3n) is 2.76. The maximum atomic E-state index is 6.10. The Labute approximate surface area is 110 Å². The van der Waals surface area contributed by atoms with Crippen molar-refractivity contribution in [3.8, 4) is 22.4 Å². The second kappa shape index (κ2) is 4.67. The van der Waals surface area contributed by atoms with Crippen LogP contribution in [0.25, 0.3) is 22.4 Å². The average molecular weight is 256 g/mol. The average Bonchev–Trinajstić information content (AvgIpc) is 2.83. The summed E-state index contributed by atoms with van der Waals surface area (Å²) in [6.45, 7) is 0. The van der Waals surface area contributed by atoms with Crippen LogP contribution in [0.4, 0.5) is 0 Å². The number of nitrogens with zero attached hydrogens (tertiary/aromatic N) is 1. The summed E-state index contributed by atoms with van der Waals surface area (Å²) in [5.74, 6) is 0. The van der Waals surface area contributed by atoms with Crippen LogP contribution >= 0.6 is 11.6 Å². The van der Waals surface area contributed by atoms with E-state index in [9.17, 15) is 0 Å². The van der Waals surface area contributed by atoms with Gasteiger partial charge in [-0.15, -0.1) is 0 Å². The highest BCUT2D eigenvalue weighted by Crippen LogP contribution is 2.36. The number of rotatable bonds is 2.